The lowest BCUT2D eigenvalue weighted by Crippen LogP contribution is -2.50. The molecular formula is C29H39NO2. The number of ether oxygens (including phenoxy) is 1. The monoisotopic (exact) mass is 433 g/mol. The summed E-state index contributed by atoms with van der Waals surface area (Å²) >= 11 is 0. The highest BCUT2D eigenvalue weighted by atomic mass is 16.5. The van der Waals surface area contributed by atoms with Crippen LogP contribution in [-0.2, 0) is 9.53 Å². The average Bonchev–Trinajstić information content (AvgIpc) is 3.11. The zero-order valence-corrected chi connectivity index (χ0v) is 20.5. The van der Waals surface area contributed by atoms with Gasteiger partial charge in [0.05, 0.1) is 5.41 Å². The van der Waals surface area contributed by atoms with Gasteiger partial charge in [-0.05, 0) is 105 Å². The van der Waals surface area contributed by atoms with Crippen LogP contribution in [0.3, 0.4) is 0 Å². The Morgan fingerprint density at radius 1 is 1.06 bits per heavy atom. The molecule has 5 rings (SSSR count). The fourth-order valence-electron chi connectivity index (χ4n) is 7.59. The third-order valence-electron chi connectivity index (χ3n) is 9.50. The number of hydrogen-bond donors (Lipinski definition) is 0. The summed E-state index contributed by atoms with van der Waals surface area (Å²) in [5.41, 5.74) is 4.53. The minimum atomic E-state index is -0.428. The number of nitrogens with zero attached hydrogens (tertiary/aromatic N) is 1. The molecule has 3 nitrogen and oxygen atoms in total. The van der Waals surface area contributed by atoms with E-state index in [1.165, 1.54) is 36.8 Å². The molecule has 4 aliphatic carbocycles. The van der Waals surface area contributed by atoms with E-state index in [2.05, 4.69) is 43.1 Å². The van der Waals surface area contributed by atoms with Crippen LogP contribution in [-0.4, -0.2) is 17.1 Å². The number of aromatic nitrogens is 1. The first-order valence-electron chi connectivity index (χ1n) is 12.6. The number of rotatable bonds is 2. The topological polar surface area (TPSA) is 39.2 Å². The lowest BCUT2D eigenvalue weighted by molar-refractivity contribution is -0.160. The van der Waals surface area contributed by atoms with Gasteiger partial charge in [0.15, 0.2) is 0 Å². The van der Waals surface area contributed by atoms with Gasteiger partial charge in [-0.25, -0.2) is 0 Å². The highest BCUT2D eigenvalue weighted by Gasteiger charge is 2.57. The molecule has 1 heterocycles. The first-order valence-corrected chi connectivity index (χ1v) is 12.6. The Morgan fingerprint density at radius 2 is 1.84 bits per heavy atom. The zero-order chi connectivity index (χ0) is 22.7. The fraction of sp³-hybridized carbons (Fsp3) is 0.655. The largest absolute Gasteiger partial charge is 0.462 e. The van der Waals surface area contributed by atoms with Crippen molar-refractivity contribution in [1.29, 1.82) is 0 Å². The molecule has 172 valence electrons. The Kier molecular flexibility index (Phi) is 5.18. The molecule has 0 amide bonds. The van der Waals surface area contributed by atoms with E-state index in [9.17, 15) is 4.79 Å². The van der Waals surface area contributed by atoms with Crippen molar-refractivity contribution in [2.45, 2.75) is 85.7 Å². The van der Waals surface area contributed by atoms with Gasteiger partial charge in [-0.15, -0.1) is 0 Å². The first kappa shape index (κ1) is 21.9. The lowest BCUT2D eigenvalue weighted by Gasteiger charge is -2.58. The number of hydrogen-bond acceptors (Lipinski definition) is 3. The Labute approximate surface area is 193 Å². The standard InChI is InChI=1S/C29H39NO2/c1-27(2,3)26(31)32-21-12-14-28(4)20(17-21)8-9-22-24-11-10-23(19-7-6-16-30-18-19)29(24,5)15-13-25(22)28/h6-8,10,16,18,21-22,24-25H,9,11-15,17H2,1-5H3/t21-,22-,24-,25-,28-,29+/m0/s1. The summed E-state index contributed by atoms with van der Waals surface area (Å²) in [6.07, 6.45) is 17.1. The molecule has 1 aromatic heterocycles. The Bertz CT molecular complexity index is 955. The maximum Gasteiger partial charge on any atom is 0.311 e. The third kappa shape index (κ3) is 3.38. The average molecular weight is 434 g/mol. The van der Waals surface area contributed by atoms with Crippen LogP contribution in [0.5, 0.6) is 0 Å². The van der Waals surface area contributed by atoms with Gasteiger partial charge in [-0.3, -0.25) is 9.78 Å². The van der Waals surface area contributed by atoms with Crippen LogP contribution in [0.15, 0.2) is 42.3 Å². The fourth-order valence-corrected chi connectivity index (χ4v) is 7.59. The van der Waals surface area contributed by atoms with Crippen molar-refractivity contribution in [2.24, 2.45) is 34.0 Å². The molecule has 0 aromatic carbocycles. The Morgan fingerprint density at radius 3 is 2.56 bits per heavy atom. The van der Waals surface area contributed by atoms with Gasteiger partial charge in [0.25, 0.3) is 0 Å². The van der Waals surface area contributed by atoms with Crippen LogP contribution in [0.25, 0.3) is 5.57 Å². The summed E-state index contributed by atoms with van der Waals surface area (Å²) in [4.78, 5) is 16.9. The molecule has 32 heavy (non-hydrogen) atoms. The van der Waals surface area contributed by atoms with Crippen molar-refractivity contribution in [3.05, 3.63) is 47.8 Å². The number of fused-ring (bicyclic) bond motifs is 5. The smallest absolute Gasteiger partial charge is 0.311 e. The van der Waals surface area contributed by atoms with Gasteiger partial charge < -0.3 is 4.74 Å². The number of allylic oxidation sites excluding steroid dienone is 3. The molecular weight excluding hydrogens is 394 g/mol. The van der Waals surface area contributed by atoms with Gasteiger partial charge in [0.1, 0.15) is 6.10 Å². The predicted molar refractivity (Wildman–Crippen MR) is 129 cm³/mol. The quantitative estimate of drug-likeness (QED) is 0.372. The van der Waals surface area contributed by atoms with E-state index in [4.69, 9.17) is 4.74 Å². The minimum Gasteiger partial charge on any atom is -0.462 e. The molecule has 0 radical (unpaired) electrons. The molecule has 0 N–H and O–H groups in total. The van der Waals surface area contributed by atoms with Crippen LogP contribution >= 0.6 is 0 Å². The van der Waals surface area contributed by atoms with Crippen molar-refractivity contribution < 1.29 is 9.53 Å². The summed E-state index contributed by atoms with van der Waals surface area (Å²) < 4.78 is 5.94. The highest BCUT2D eigenvalue weighted by molar-refractivity contribution is 5.75. The normalized spacial score (nSPS) is 38.7. The van der Waals surface area contributed by atoms with Gasteiger partial charge >= 0.3 is 5.97 Å². The van der Waals surface area contributed by atoms with Gasteiger partial charge in [0, 0.05) is 18.8 Å². The van der Waals surface area contributed by atoms with Crippen molar-refractivity contribution in [3.63, 3.8) is 0 Å². The summed E-state index contributed by atoms with van der Waals surface area (Å²) in [6, 6.07) is 4.30. The van der Waals surface area contributed by atoms with Crippen molar-refractivity contribution in [3.8, 4) is 0 Å². The summed E-state index contributed by atoms with van der Waals surface area (Å²) in [5.74, 6) is 2.17. The number of esters is 1. The molecule has 2 fully saturated rings. The van der Waals surface area contributed by atoms with E-state index < -0.39 is 5.41 Å². The van der Waals surface area contributed by atoms with Crippen LogP contribution in [0.1, 0.15) is 85.1 Å². The molecule has 3 heteroatoms. The van der Waals surface area contributed by atoms with E-state index in [1.807, 2.05) is 33.2 Å². The molecule has 0 saturated heterocycles. The lowest BCUT2D eigenvalue weighted by atomic mass is 9.47. The van der Waals surface area contributed by atoms with Gasteiger partial charge in [-0.1, -0.05) is 37.6 Å². The summed E-state index contributed by atoms with van der Waals surface area (Å²) in [6.45, 7) is 10.9. The van der Waals surface area contributed by atoms with Crippen molar-refractivity contribution in [2.75, 3.05) is 0 Å². The second-order valence-electron chi connectivity index (χ2n) is 12.3. The van der Waals surface area contributed by atoms with Crippen LogP contribution < -0.4 is 0 Å². The summed E-state index contributed by atoms with van der Waals surface area (Å²) in [7, 11) is 0. The zero-order valence-electron chi connectivity index (χ0n) is 20.5. The van der Waals surface area contributed by atoms with Crippen molar-refractivity contribution >= 4 is 11.5 Å². The molecule has 6 atom stereocenters. The highest BCUT2D eigenvalue weighted by Crippen LogP contribution is 2.66. The third-order valence-corrected chi connectivity index (χ3v) is 9.50. The van der Waals surface area contributed by atoms with Gasteiger partial charge in [-0.2, -0.15) is 0 Å². The van der Waals surface area contributed by atoms with E-state index in [-0.39, 0.29) is 22.9 Å². The predicted octanol–water partition coefficient (Wildman–Crippen LogP) is 7.00. The van der Waals surface area contributed by atoms with E-state index in [1.54, 1.807) is 5.57 Å². The molecule has 0 aliphatic heterocycles. The van der Waals surface area contributed by atoms with Crippen LogP contribution in [0, 0.1) is 34.0 Å². The Balaban J connectivity index is 1.36. The molecule has 0 spiro atoms. The van der Waals surface area contributed by atoms with E-state index >= 15 is 0 Å². The Hall–Kier alpha value is -1.90. The molecule has 0 unspecified atom stereocenters. The number of pyridine rings is 1. The SMILES string of the molecule is CC(C)(C)C(=O)O[C@H]1CC[C@@]2(C)C(=CC[C@@H]3[C@@H]2CC[C@]2(C)C(c4cccnc4)=CC[C@@H]32)C1. The maximum absolute atomic E-state index is 12.5. The van der Waals surface area contributed by atoms with E-state index in [0.29, 0.717) is 0 Å². The van der Waals surface area contributed by atoms with Crippen LogP contribution in [0.2, 0.25) is 0 Å². The molecule has 2 saturated carbocycles. The maximum atomic E-state index is 12.5. The number of carbonyl (C=O) groups excluding carboxylic acids is 1. The second-order valence-corrected chi connectivity index (χ2v) is 12.3. The van der Waals surface area contributed by atoms with Crippen molar-refractivity contribution in [1.82, 2.24) is 4.98 Å². The number of carbonyl (C=O) groups is 1. The summed E-state index contributed by atoms with van der Waals surface area (Å²) in [5, 5.41) is 0. The minimum absolute atomic E-state index is 0.0526. The van der Waals surface area contributed by atoms with E-state index in [0.717, 1.165) is 37.0 Å². The molecule has 0 bridgehead atoms. The second kappa shape index (κ2) is 7.57. The first-order chi connectivity index (χ1) is 15.1. The van der Waals surface area contributed by atoms with Crippen LogP contribution in [0.4, 0.5) is 0 Å². The molecule has 1 aromatic rings. The van der Waals surface area contributed by atoms with Gasteiger partial charge in [0.2, 0.25) is 0 Å². The molecule has 4 aliphatic rings.